The number of benzene rings is 1. The summed E-state index contributed by atoms with van der Waals surface area (Å²) in [6.07, 6.45) is 2.49. The van der Waals surface area contributed by atoms with Crippen LogP contribution in [0.1, 0.15) is 39.2 Å². The Morgan fingerprint density at radius 3 is 2.38 bits per heavy atom. The first-order valence-corrected chi connectivity index (χ1v) is 7.73. The van der Waals surface area contributed by atoms with Crippen LogP contribution in [0.2, 0.25) is 0 Å². The first kappa shape index (κ1) is 15.5. The van der Waals surface area contributed by atoms with E-state index in [2.05, 4.69) is 12.1 Å². The molecule has 1 saturated heterocycles. The first-order chi connectivity index (χ1) is 10.1. The summed E-state index contributed by atoms with van der Waals surface area (Å²) in [7, 11) is 0. The van der Waals surface area contributed by atoms with Crippen LogP contribution in [0.5, 0.6) is 0 Å². The quantitative estimate of drug-likeness (QED) is 0.755. The van der Waals surface area contributed by atoms with E-state index in [4.69, 9.17) is 0 Å². The molecular formula is C17H24N2O2. The Kier molecular flexibility index (Phi) is 4.99. The SMILES string of the molecule is CCC1C(=O)N(C(C)C)C(=O)N1CCCc1ccccc1. The Balaban J connectivity index is 1.98. The van der Waals surface area contributed by atoms with Crippen molar-refractivity contribution in [3.05, 3.63) is 35.9 Å². The molecule has 114 valence electrons. The molecule has 1 fully saturated rings. The minimum absolute atomic E-state index is 0.0442. The highest BCUT2D eigenvalue weighted by molar-refractivity contribution is 6.04. The van der Waals surface area contributed by atoms with Gasteiger partial charge in [-0.1, -0.05) is 37.3 Å². The fraction of sp³-hybridized carbons (Fsp3) is 0.529. The van der Waals surface area contributed by atoms with Gasteiger partial charge in [0.05, 0.1) is 0 Å². The maximum Gasteiger partial charge on any atom is 0.327 e. The molecule has 1 atom stereocenters. The Hall–Kier alpha value is -1.84. The third kappa shape index (κ3) is 3.26. The number of urea groups is 1. The van der Waals surface area contributed by atoms with E-state index in [1.54, 1.807) is 4.90 Å². The van der Waals surface area contributed by atoms with Crippen LogP contribution in [-0.4, -0.2) is 40.4 Å². The van der Waals surface area contributed by atoms with Crippen LogP contribution >= 0.6 is 0 Å². The van der Waals surface area contributed by atoms with E-state index in [1.165, 1.54) is 10.5 Å². The highest BCUT2D eigenvalue weighted by Crippen LogP contribution is 2.22. The van der Waals surface area contributed by atoms with Gasteiger partial charge in [-0.15, -0.1) is 0 Å². The summed E-state index contributed by atoms with van der Waals surface area (Å²) in [6, 6.07) is 9.75. The van der Waals surface area contributed by atoms with Crippen molar-refractivity contribution in [1.29, 1.82) is 0 Å². The molecule has 4 nitrogen and oxygen atoms in total. The molecule has 0 bridgehead atoms. The Morgan fingerprint density at radius 1 is 1.14 bits per heavy atom. The van der Waals surface area contributed by atoms with Crippen molar-refractivity contribution in [1.82, 2.24) is 9.80 Å². The molecule has 3 amide bonds. The van der Waals surface area contributed by atoms with Crippen molar-refractivity contribution in [3.63, 3.8) is 0 Å². The maximum atomic E-state index is 12.4. The molecule has 21 heavy (non-hydrogen) atoms. The average Bonchev–Trinajstić information content (AvgIpc) is 2.70. The second-order valence-electron chi connectivity index (χ2n) is 5.79. The molecule has 0 spiro atoms. The van der Waals surface area contributed by atoms with Crippen LogP contribution in [0.3, 0.4) is 0 Å². The predicted molar refractivity (Wildman–Crippen MR) is 82.9 cm³/mol. The summed E-state index contributed by atoms with van der Waals surface area (Å²) in [5.74, 6) is -0.0442. The van der Waals surface area contributed by atoms with Gasteiger partial charge in [-0.3, -0.25) is 9.69 Å². The number of aryl methyl sites for hydroxylation is 1. The number of amides is 3. The predicted octanol–water partition coefficient (Wildman–Crippen LogP) is 3.07. The number of imide groups is 1. The van der Waals surface area contributed by atoms with E-state index in [1.807, 2.05) is 39.0 Å². The summed E-state index contributed by atoms with van der Waals surface area (Å²) in [5.41, 5.74) is 1.27. The van der Waals surface area contributed by atoms with Crippen LogP contribution in [0.15, 0.2) is 30.3 Å². The van der Waals surface area contributed by atoms with Crippen LogP contribution in [0.25, 0.3) is 0 Å². The Bertz CT molecular complexity index is 499. The largest absolute Gasteiger partial charge is 0.327 e. The fourth-order valence-electron chi connectivity index (χ4n) is 2.88. The number of nitrogens with zero attached hydrogens (tertiary/aromatic N) is 2. The van der Waals surface area contributed by atoms with E-state index < -0.39 is 0 Å². The standard InChI is InChI=1S/C17H24N2O2/c1-4-15-16(20)19(13(2)3)17(21)18(15)12-8-11-14-9-6-5-7-10-14/h5-7,9-10,13,15H,4,8,11-12H2,1-3H3. The minimum atomic E-state index is -0.282. The van der Waals surface area contributed by atoms with Crippen LogP contribution < -0.4 is 0 Å². The van der Waals surface area contributed by atoms with Crippen molar-refractivity contribution < 1.29 is 9.59 Å². The van der Waals surface area contributed by atoms with Gasteiger partial charge in [0.25, 0.3) is 5.91 Å². The van der Waals surface area contributed by atoms with Gasteiger partial charge in [0.1, 0.15) is 6.04 Å². The second-order valence-corrected chi connectivity index (χ2v) is 5.79. The van der Waals surface area contributed by atoms with Crippen molar-refractivity contribution in [2.45, 2.75) is 52.1 Å². The number of carbonyl (C=O) groups excluding carboxylic acids is 2. The lowest BCUT2D eigenvalue weighted by Gasteiger charge is -2.21. The third-order valence-corrected chi connectivity index (χ3v) is 3.96. The normalized spacial score (nSPS) is 19.0. The summed E-state index contributed by atoms with van der Waals surface area (Å²) in [6.45, 7) is 6.37. The van der Waals surface area contributed by atoms with Crippen LogP contribution in [-0.2, 0) is 11.2 Å². The van der Waals surface area contributed by atoms with Crippen molar-refractivity contribution >= 4 is 11.9 Å². The molecule has 4 heteroatoms. The zero-order valence-electron chi connectivity index (χ0n) is 13.1. The van der Waals surface area contributed by atoms with Gasteiger partial charge >= 0.3 is 6.03 Å². The average molecular weight is 288 g/mol. The monoisotopic (exact) mass is 288 g/mol. The fourth-order valence-corrected chi connectivity index (χ4v) is 2.88. The molecule has 1 heterocycles. The van der Waals surface area contributed by atoms with E-state index in [9.17, 15) is 9.59 Å². The van der Waals surface area contributed by atoms with Gasteiger partial charge in [0, 0.05) is 12.6 Å². The summed E-state index contributed by atoms with van der Waals surface area (Å²) >= 11 is 0. The Morgan fingerprint density at radius 2 is 1.81 bits per heavy atom. The zero-order chi connectivity index (χ0) is 15.4. The van der Waals surface area contributed by atoms with Crippen molar-refractivity contribution in [2.24, 2.45) is 0 Å². The lowest BCUT2D eigenvalue weighted by atomic mass is 10.1. The first-order valence-electron chi connectivity index (χ1n) is 7.73. The maximum absolute atomic E-state index is 12.4. The van der Waals surface area contributed by atoms with E-state index >= 15 is 0 Å². The molecule has 0 aliphatic carbocycles. The highest BCUT2D eigenvalue weighted by atomic mass is 16.2. The molecule has 0 radical (unpaired) electrons. The van der Waals surface area contributed by atoms with E-state index in [-0.39, 0.29) is 24.0 Å². The topological polar surface area (TPSA) is 40.6 Å². The molecule has 1 unspecified atom stereocenters. The molecule has 0 saturated carbocycles. The van der Waals surface area contributed by atoms with Crippen molar-refractivity contribution in [3.8, 4) is 0 Å². The molecule has 1 aromatic rings. The molecule has 0 N–H and O–H groups in total. The van der Waals surface area contributed by atoms with Gasteiger partial charge in [0.2, 0.25) is 0 Å². The van der Waals surface area contributed by atoms with Crippen LogP contribution in [0.4, 0.5) is 4.79 Å². The zero-order valence-corrected chi connectivity index (χ0v) is 13.1. The number of hydrogen-bond donors (Lipinski definition) is 0. The molecular weight excluding hydrogens is 264 g/mol. The smallest absolute Gasteiger partial charge is 0.312 e. The number of carbonyl (C=O) groups is 2. The second kappa shape index (κ2) is 6.74. The van der Waals surface area contributed by atoms with Crippen molar-refractivity contribution in [2.75, 3.05) is 6.54 Å². The summed E-state index contributed by atoms with van der Waals surface area (Å²) in [4.78, 5) is 27.8. The molecule has 0 aromatic heterocycles. The lowest BCUT2D eigenvalue weighted by Crippen LogP contribution is -2.38. The highest BCUT2D eigenvalue weighted by Gasteiger charge is 2.44. The summed E-state index contributed by atoms with van der Waals surface area (Å²) in [5, 5.41) is 0. The number of hydrogen-bond acceptors (Lipinski definition) is 2. The molecule has 1 aromatic carbocycles. The van der Waals surface area contributed by atoms with Crippen LogP contribution in [0, 0.1) is 0 Å². The molecule has 1 aliphatic rings. The van der Waals surface area contributed by atoms with Gasteiger partial charge < -0.3 is 4.90 Å². The lowest BCUT2D eigenvalue weighted by molar-refractivity contribution is -0.129. The van der Waals surface area contributed by atoms with Gasteiger partial charge in [-0.25, -0.2) is 4.79 Å². The van der Waals surface area contributed by atoms with E-state index in [0.29, 0.717) is 13.0 Å². The molecule has 1 aliphatic heterocycles. The molecule has 2 rings (SSSR count). The van der Waals surface area contributed by atoms with Gasteiger partial charge in [0.15, 0.2) is 0 Å². The van der Waals surface area contributed by atoms with Gasteiger partial charge in [-0.05, 0) is 38.7 Å². The Labute approximate surface area is 126 Å². The van der Waals surface area contributed by atoms with E-state index in [0.717, 1.165) is 12.8 Å². The van der Waals surface area contributed by atoms with Gasteiger partial charge in [-0.2, -0.15) is 0 Å². The third-order valence-electron chi connectivity index (χ3n) is 3.96. The minimum Gasteiger partial charge on any atom is -0.312 e. The number of rotatable bonds is 6. The summed E-state index contributed by atoms with van der Waals surface area (Å²) < 4.78 is 0.